The number of amides is 1. The van der Waals surface area contributed by atoms with E-state index in [0.29, 0.717) is 0 Å². The Hall–Kier alpha value is -1.43. The highest BCUT2D eigenvalue weighted by Gasteiger charge is 2.15. The predicted molar refractivity (Wildman–Crippen MR) is 54.1 cm³/mol. The predicted octanol–water partition coefficient (Wildman–Crippen LogP) is 1.40. The Morgan fingerprint density at radius 3 is 2.67 bits per heavy atom. The molecule has 0 bridgehead atoms. The lowest BCUT2D eigenvalue weighted by Crippen LogP contribution is -2.30. The number of carbonyl (C=O) groups is 2. The highest BCUT2D eigenvalue weighted by molar-refractivity contribution is 9.10. The van der Waals surface area contributed by atoms with E-state index in [1.54, 1.807) is 0 Å². The van der Waals surface area contributed by atoms with Gasteiger partial charge in [0.1, 0.15) is 12.4 Å². The van der Waals surface area contributed by atoms with E-state index in [1.807, 2.05) is 0 Å². The van der Waals surface area contributed by atoms with Gasteiger partial charge in [0.05, 0.1) is 5.56 Å². The summed E-state index contributed by atoms with van der Waals surface area (Å²) in [6.45, 7) is -0.542. The number of carboxylic acids is 1. The molecule has 0 spiro atoms. The quantitative estimate of drug-likeness (QED) is 0.877. The standard InChI is InChI=1S/C9H7BrFNO3/c10-5-2-1-3-6(11)8(5)9(15)12-4-7(13)14/h1-3H,4H2,(H,12,15)(H,13,14). The SMILES string of the molecule is O=C(O)CNC(=O)c1c(F)cccc1Br. The molecular weight excluding hydrogens is 269 g/mol. The summed E-state index contributed by atoms with van der Waals surface area (Å²) >= 11 is 3.01. The summed E-state index contributed by atoms with van der Waals surface area (Å²) in [5, 5.41) is 10.4. The minimum absolute atomic E-state index is 0.196. The molecule has 0 heterocycles. The molecule has 1 aromatic carbocycles. The molecule has 1 aromatic rings. The average Bonchev–Trinajstić information content (AvgIpc) is 2.14. The van der Waals surface area contributed by atoms with Crippen LogP contribution in [0.3, 0.4) is 0 Å². The Labute approximate surface area is 93.2 Å². The van der Waals surface area contributed by atoms with Gasteiger partial charge in [-0.2, -0.15) is 0 Å². The van der Waals surface area contributed by atoms with Gasteiger partial charge >= 0.3 is 5.97 Å². The van der Waals surface area contributed by atoms with Crippen LogP contribution < -0.4 is 5.32 Å². The largest absolute Gasteiger partial charge is 0.480 e. The third kappa shape index (κ3) is 3.02. The molecule has 1 rings (SSSR count). The molecule has 2 N–H and O–H groups in total. The first kappa shape index (κ1) is 11.6. The molecule has 0 radical (unpaired) electrons. The molecule has 0 saturated heterocycles. The maximum atomic E-state index is 13.2. The minimum Gasteiger partial charge on any atom is -0.480 e. The Morgan fingerprint density at radius 1 is 1.47 bits per heavy atom. The van der Waals surface area contributed by atoms with Gasteiger partial charge in [-0.3, -0.25) is 9.59 Å². The smallest absolute Gasteiger partial charge is 0.322 e. The number of hydrogen-bond donors (Lipinski definition) is 2. The van der Waals surface area contributed by atoms with Gasteiger partial charge in [0.25, 0.3) is 5.91 Å². The lowest BCUT2D eigenvalue weighted by Gasteiger charge is -2.05. The van der Waals surface area contributed by atoms with Crippen LogP contribution in [0.5, 0.6) is 0 Å². The minimum atomic E-state index is -1.18. The first-order valence-electron chi connectivity index (χ1n) is 3.96. The summed E-state index contributed by atoms with van der Waals surface area (Å²) in [4.78, 5) is 21.5. The topological polar surface area (TPSA) is 66.4 Å². The summed E-state index contributed by atoms with van der Waals surface area (Å²) in [5.74, 6) is -2.65. The molecule has 0 aliphatic rings. The van der Waals surface area contributed by atoms with Crippen molar-refractivity contribution in [3.8, 4) is 0 Å². The van der Waals surface area contributed by atoms with E-state index in [0.717, 1.165) is 6.07 Å². The van der Waals surface area contributed by atoms with E-state index in [-0.39, 0.29) is 10.0 Å². The average molecular weight is 276 g/mol. The van der Waals surface area contributed by atoms with Crippen molar-refractivity contribution in [3.05, 3.63) is 34.1 Å². The highest BCUT2D eigenvalue weighted by atomic mass is 79.9. The van der Waals surface area contributed by atoms with Gasteiger partial charge in [-0.1, -0.05) is 6.07 Å². The number of hydrogen-bond acceptors (Lipinski definition) is 2. The van der Waals surface area contributed by atoms with E-state index in [1.165, 1.54) is 12.1 Å². The molecule has 0 aromatic heterocycles. The van der Waals surface area contributed by atoms with E-state index < -0.39 is 24.2 Å². The Balaban J connectivity index is 2.86. The van der Waals surface area contributed by atoms with Gasteiger partial charge in [0.2, 0.25) is 0 Å². The van der Waals surface area contributed by atoms with Crippen molar-refractivity contribution in [3.63, 3.8) is 0 Å². The second kappa shape index (κ2) is 4.88. The molecule has 0 fully saturated rings. The molecule has 6 heteroatoms. The van der Waals surface area contributed by atoms with Gasteiger partial charge in [0, 0.05) is 4.47 Å². The second-order valence-corrected chi connectivity index (χ2v) is 3.53. The van der Waals surface area contributed by atoms with E-state index >= 15 is 0 Å². The van der Waals surface area contributed by atoms with Crippen LogP contribution in [0.1, 0.15) is 10.4 Å². The molecule has 15 heavy (non-hydrogen) atoms. The monoisotopic (exact) mass is 275 g/mol. The van der Waals surface area contributed by atoms with E-state index in [4.69, 9.17) is 5.11 Å². The van der Waals surface area contributed by atoms with Gasteiger partial charge in [-0.15, -0.1) is 0 Å². The molecular formula is C9H7BrFNO3. The zero-order chi connectivity index (χ0) is 11.4. The fourth-order valence-corrected chi connectivity index (χ4v) is 1.48. The maximum Gasteiger partial charge on any atom is 0.322 e. The second-order valence-electron chi connectivity index (χ2n) is 2.67. The molecule has 0 aliphatic heterocycles. The Kier molecular flexibility index (Phi) is 3.79. The van der Waals surface area contributed by atoms with Crippen LogP contribution in [0.4, 0.5) is 4.39 Å². The molecule has 1 amide bonds. The number of rotatable bonds is 3. The van der Waals surface area contributed by atoms with Crippen LogP contribution in [-0.4, -0.2) is 23.5 Å². The zero-order valence-corrected chi connectivity index (χ0v) is 9.04. The molecule has 0 unspecified atom stereocenters. The molecule has 0 atom stereocenters. The summed E-state index contributed by atoms with van der Waals surface area (Å²) in [5.41, 5.74) is -0.196. The Morgan fingerprint density at radius 2 is 2.13 bits per heavy atom. The number of nitrogens with one attached hydrogen (secondary N) is 1. The first-order valence-corrected chi connectivity index (χ1v) is 4.75. The lowest BCUT2D eigenvalue weighted by atomic mass is 10.2. The zero-order valence-electron chi connectivity index (χ0n) is 7.46. The van der Waals surface area contributed by atoms with Crippen LogP contribution in [0.2, 0.25) is 0 Å². The van der Waals surface area contributed by atoms with Gasteiger partial charge in [0.15, 0.2) is 0 Å². The van der Waals surface area contributed by atoms with Crippen molar-refractivity contribution in [1.29, 1.82) is 0 Å². The van der Waals surface area contributed by atoms with Crippen molar-refractivity contribution in [1.82, 2.24) is 5.32 Å². The lowest BCUT2D eigenvalue weighted by molar-refractivity contribution is -0.135. The van der Waals surface area contributed by atoms with Crippen molar-refractivity contribution in [2.45, 2.75) is 0 Å². The van der Waals surface area contributed by atoms with Gasteiger partial charge in [-0.25, -0.2) is 4.39 Å². The van der Waals surface area contributed by atoms with Crippen LogP contribution in [0.25, 0.3) is 0 Å². The van der Waals surface area contributed by atoms with Crippen molar-refractivity contribution >= 4 is 27.8 Å². The summed E-state index contributed by atoms with van der Waals surface area (Å²) in [6, 6.07) is 4.06. The molecule has 0 saturated carbocycles. The Bertz CT molecular complexity index is 388. The van der Waals surface area contributed by atoms with E-state index in [9.17, 15) is 14.0 Å². The number of halogens is 2. The maximum absolute atomic E-state index is 13.2. The van der Waals surface area contributed by atoms with Gasteiger partial charge < -0.3 is 10.4 Å². The third-order valence-electron chi connectivity index (χ3n) is 1.59. The first-order chi connectivity index (χ1) is 7.02. The number of aliphatic carboxylic acids is 1. The molecule has 4 nitrogen and oxygen atoms in total. The van der Waals surface area contributed by atoms with Crippen molar-refractivity contribution in [2.75, 3.05) is 6.54 Å². The van der Waals surface area contributed by atoms with Crippen LogP contribution in [0.15, 0.2) is 22.7 Å². The number of carboxylic acid groups (broad SMARTS) is 1. The van der Waals surface area contributed by atoms with Crippen LogP contribution >= 0.6 is 15.9 Å². The van der Waals surface area contributed by atoms with Crippen LogP contribution in [-0.2, 0) is 4.79 Å². The normalized spacial score (nSPS) is 9.73. The number of benzene rings is 1. The van der Waals surface area contributed by atoms with E-state index in [2.05, 4.69) is 21.2 Å². The molecule has 0 aliphatic carbocycles. The van der Waals surface area contributed by atoms with Crippen molar-refractivity contribution < 1.29 is 19.1 Å². The molecule has 80 valence electrons. The fraction of sp³-hybridized carbons (Fsp3) is 0.111. The van der Waals surface area contributed by atoms with Gasteiger partial charge in [-0.05, 0) is 28.1 Å². The van der Waals surface area contributed by atoms with Crippen LogP contribution in [0, 0.1) is 5.82 Å². The third-order valence-corrected chi connectivity index (χ3v) is 2.25. The summed E-state index contributed by atoms with van der Waals surface area (Å²) in [7, 11) is 0. The summed E-state index contributed by atoms with van der Waals surface area (Å²) in [6.07, 6.45) is 0. The van der Waals surface area contributed by atoms with Crippen molar-refractivity contribution in [2.24, 2.45) is 0 Å². The number of carbonyl (C=O) groups excluding carboxylic acids is 1. The summed E-state index contributed by atoms with van der Waals surface area (Å²) < 4.78 is 13.5. The fourth-order valence-electron chi connectivity index (χ4n) is 0.959. The highest BCUT2D eigenvalue weighted by Crippen LogP contribution is 2.19.